The van der Waals surface area contributed by atoms with Gasteiger partial charge in [0.05, 0.1) is 11.1 Å². The molecule has 0 aliphatic carbocycles. The van der Waals surface area contributed by atoms with E-state index in [0.29, 0.717) is 13.1 Å². The van der Waals surface area contributed by atoms with E-state index in [1.807, 2.05) is 0 Å². The Morgan fingerprint density at radius 2 is 1.74 bits per heavy atom. The van der Waals surface area contributed by atoms with Crippen LogP contribution in [0.15, 0.2) is 24.3 Å². The summed E-state index contributed by atoms with van der Waals surface area (Å²) in [6, 6.07) is 5.19. The standard InChI is InChI=1S/C10H12N2O6S/c11-5-6-12-17-9(13)7-1-3-8(4-2-7)10(14)18-19(15)16/h1-4,12H,5-6,11H2,(H,15,16). The van der Waals surface area contributed by atoms with Gasteiger partial charge < -0.3 is 14.8 Å². The number of benzene rings is 1. The molecule has 0 fully saturated rings. The molecule has 0 saturated heterocycles. The molecule has 19 heavy (non-hydrogen) atoms. The van der Waals surface area contributed by atoms with Crippen molar-refractivity contribution in [1.29, 1.82) is 0 Å². The summed E-state index contributed by atoms with van der Waals surface area (Å²) < 4.78 is 22.7. The van der Waals surface area contributed by atoms with Gasteiger partial charge in [0.2, 0.25) is 0 Å². The molecule has 0 heterocycles. The second-order valence-electron chi connectivity index (χ2n) is 3.24. The second kappa shape index (κ2) is 7.59. The molecule has 0 aromatic heterocycles. The van der Waals surface area contributed by atoms with Gasteiger partial charge in [0.25, 0.3) is 0 Å². The predicted octanol–water partition coefficient (Wildman–Crippen LogP) is -0.400. The SMILES string of the molecule is NCCNOC(=O)c1ccc(C(=O)OS(=O)O)cc1. The van der Waals surface area contributed by atoms with Crippen molar-refractivity contribution < 1.29 is 27.4 Å². The number of hydrogen-bond donors (Lipinski definition) is 3. The monoisotopic (exact) mass is 288 g/mol. The molecule has 0 amide bonds. The quantitative estimate of drug-likeness (QED) is 0.366. The first-order valence-corrected chi connectivity index (χ1v) is 6.15. The molecule has 1 aromatic rings. The first kappa shape index (κ1) is 15.2. The summed E-state index contributed by atoms with van der Waals surface area (Å²) in [6.45, 7) is 0.634. The van der Waals surface area contributed by atoms with Crippen LogP contribution in [-0.4, -0.2) is 33.8 Å². The zero-order valence-electron chi connectivity index (χ0n) is 9.70. The van der Waals surface area contributed by atoms with Gasteiger partial charge in [-0.15, -0.1) is 0 Å². The molecule has 0 saturated carbocycles. The van der Waals surface area contributed by atoms with Crippen molar-refractivity contribution in [2.24, 2.45) is 5.73 Å². The fourth-order valence-electron chi connectivity index (χ4n) is 1.09. The highest BCUT2D eigenvalue weighted by Crippen LogP contribution is 2.07. The van der Waals surface area contributed by atoms with Crippen LogP contribution >= 0.6 is 0 Å². The summed E-state index contributed by atoms with van der Waals surface area (Å²) in [5.41, 5.74) is 7.79. The normalized spacial score (nSPS) is 11.7. The maximum Gasteiger partial charge on any atom is 0.360 e. The number of nitrogens with two attached hydrogens (primary N) is 1. The molecule has 104 valence electrons. The summed E-state index contributed by atoms with van der Waals surface area (Å²) in [7, 11) is 0. The fourth-order valence-corrected chi connectivity index (χ4v) is 1.32. The van der Waals surface area contributed by atoms with E-state index in [9.17, 15) is 13.8 Å². The van der Waals surface area contributed by atoms with Gasteiger partial charge in [-0.3, -0.25) is 4.55 Å². The van der Waals surface area contributed by atoms with Crippen molar-refractivity contribution >= 4 is 23.3 Å². The van der Waals surface area contributed by atoms with Gasteiger partial charge in [-0.2, -0.15) is 9.69 Å². The molecule has 4 N–H and O–H groups in total. The van der Waals surface area contributed by atoms with Crippen molar-refractivity contribution in [1.82, 2.24) is 5.48 Å². The van der Waals surface area contributed by atoms with Gasteiger partial charge in [0.15, 0.2) is 0 Å². The first-order chi connectivity index (χ1) is 9.04. The maximum absolute atomic E-state index is 11.4. The van der Waals surface area contributed by atoms with Gasteiger partial charge >= 0.3 is 23.3 Å². The summed E-state index contributed by atoms with van der Waals surface area (Å²) >= 11 is -2.68. The van der Waals surface area contributed by atoms with Crippen LogP contribution in [0, 0.1) is 0 Å². The molecule has 1 aromatic carbocycles. The Kier molecular flexibility index (Phi) is 6.09. The second-order valence-corrected chi connectivity index (χ2v) is 3.84. The van der Waals surface area contributed by atoms with E-state index in [4.69, 9.17) is 10.3 Å². The van der Waals surface area contributed by atoms with E-state index < -0.39 is 23.3 Å². The van der Waals surface area contributed by atoms with E-state index in [0.717, 1.165) is 0 Å². The molecule has 1 unspecified atom stereocenters. The lowest BCUT2D eigenvalue weighted by molar-refractivity contribution is 0.0261. The topological polar surface area (TPSA) is 128 Å². The van der Waals surface area contributed by atoms with Gasteiger partial charge in [-0.25, -0.2) is 9.59 Å². The number of carbonyl (C=O) groups is 2. The van der Waals surface area contributed by atoms with Gasteiger partial charge in [0, 0.05) is 13.1 Å². The van der Waals surface area contributed by atoms with Crippen LogP contribution in [0.5, 0.6) is 0 Å². The Bertz CT molecular complexity index is 475. The van der Waals surface area contributed by atoms with Crippen molar-refractivity contribution in [3.63, 3.8) is 0 Å². The zero-order chi connectivity index (χ0) is 14.3. The smallest absolute Gasteiger partial charge is 0.360 e. The molecule has 1 rings (SSSR count). The Morgan fingerprint density at radius 3 is 2.21 bits per heavy atom. The molecule has 0 bridgehead atoms. The fraction of sp³-hybridized carbons (Fsp3) is 0.200. The summed E-state index contributed by atoms with van der Waals surface area (Å²) in [5, 5.41) is 0. The third-order valence-electron chi connectivity index (χ3n) is 1.91. The molecular formula is C10H12N2O6S. The highest BCUT2D eigenvalue weighted by Gasteiger charge is 2.12. The van der Waals surface area contributed by atoms with E-state index in [-0.39, 0.29) is 11.1 Å². The lowest BCUT2D eigenvalue weighted by Crippen LogP contribution is -2.25. The maximum atomic E-state index is 11.4. The molecule has 9 heteroatoms. The largest absolute Gasteiger partial charge is 0.367 e. The third-order valence-corrected chi connectivity index (χ3v) is 2.21. The van der Waals surface area contributed by atoms with Crippen LogP contribution in [0.3, 0.4) is 0 Å². The number of hydroxylamine groups is 1. The van der Waals surface area contributed by atoms with E-state index in [2.05, 4.69) is 14.5 Å². The van der Waals surface area contributed by atoms with E-state index in [1.54, 1.807) is 0 Å². The van der Waals surface area contributed by atoms with E-state index in [1.165, 1.54) is 24.3 Å². The third kappa shape index (κ3) is 5.14. The summed E-state index contributed by atoms with van der Waals surface area (Å²) in [4.78, 5) is 27.3. The molecule has 0 aliphatic rings. The lowest BCUT2D eigenvalue weighted by Gasteiger charge is -2.04. The average molecular weight is 288 g/mol. The number of nitrogens with one attached hydrogen (secondary N) is 1. The highest BCUT2D eigenvalue weighted by molar-refractivity contribution is 7.74. The van der Waals surface area contributed by atoms with Crippen molar-refractivity contribution in [3.8, 4) is 0 Å². The van der Waals surface area contributed by atoms with Crippen LogP contribution in [0.25, 0.3) is 0 Å². The van der Waals surface area contributed by atoms with Crippen LogP contribution in [0.1, 0.15) is 20.7 Å². The minimum atomic E-state index is -2.68. The number of rotatable bonds is 6. The first-order valence-electron chi connectivity index (χ1n) is 5.12. The van der Waals surface area contributed by atoms with Crippen LogP contribution in [-0.2, 0) is 20.4 Å². The van der Waals surface area contributed by atoms with Crippen LogP contribution < -0.4 is 11.2 Å². The van der Waals surface area contributed by atoms with Crippen LogP contribution in [0.4, 0.5) is 0 Å². The Labute approximate surface area is 111 Å². The molecule has 0 spiro atoms. The minimum Gasteiger partial charge on any atom is -0.367 e. The summed E-state index contributed by atoms with van der Waals surface area (Å²) in [6.07, 6.45) is 0. The minimum absolute atomic E-state index is 0.0360. The van der Waals surface area contributed by atoms with Crippen molar-refractivity contribution in [2.45, 2.75) is 0 Å². The highest BCUT2D eigenvalue weighted by atomic mass is 32.2. The lowest BCUT2D eigenvalue weighted by atomic mass is 10.1. The summed E-state index contributed by atoms with van der Waals surface area (Å²) in [5.74, 6) is -1.61. The number of carbonyl (C=O) groups excluding carboxylic acids is 2. The van der Waals surface area contributed by atoms with Crippen LogP contribution in [0.2, 0.25) is 0 Å². The Morgan fingerprint density at radius 1 is 1.21 bits per heavy atom. The van der Waals surface area contributed by atoms with Gasteiger partial charge in [-0.1, -0.05) is 0 Å². The average Bonchev–Trinajstić information content (AvgIpc) is 2.38. The Balaban J connectivity index is 2.63. The molecule has 8 nitrogen and oxygen atoms in total. The predicted molar refractivity (Wildman–Crippen MR) is 65.1 cm³/mol. The molecule has 1 atom stereocenters. The molecule has 0 radical (unpaired) electrons. The van der Waals surface area contributed by atoms with Crippen molar-refractivity contribution in [2.75, 3.05) is 13.1 Å². The van der Waals surface area contributed by atoms with Gasteiger partial charge in [0.1, 0.15) is 0 Å². The van der Waals surface area contributed by atoms with Gasteiger partial charge in [-0.05, 0) is 24.3 Å². The number of hydrogen-bond acceptors (Lipinski definition) is 7. The Hall–Kier alpha value is -1.81. The molecular weight excluding hydrogens is 276 g/mol. The van der Waals surface area contributed by atoms with Crippen molar-refractivity contribution in [3.05, 3.63) is 35.4 Å². The van der Waals surface area contributed by atoms with E-state index >= 15 is 0 Å². The molecule has 0 aliphatic heterocycles. The zero-order valence-corrected chi connectivity index (χ0v) is 10.5.